The predicted octanol–water partition coefficient (Wildman–Crippen LogP) is 1.95. The Morgan fingerprint density at radius 1 is 1.15 bits per heavy atom. The number of anilines is 1. The van der Waals surface area contributed by atoms with Gasteiger partial charge in [0.25, 0.3) is 5.91 Å². The second-order valence-corrected chi connectivity index (χ2v) is 4.60. The Kier molecular flexibility index (Phi) is 3.79. The molecule has 0 atom stereocenters. The molecule has 0 saturated heterocycles. The van der Waals surface area contributed by atoms with Crippen LogP contribution < -0.4 is 5.73 Å². The van der Waals surface area contributed by atoms with Gasteiger partial charge in [0, 0.05) is 19.3 Å². The molecule has 0 aromatic heterocycles. The van der Waals surface area contributed by atoms with E-state index >= 15 is 0 Å². The van der Waals surface area contributed by atoms with E-state index in [0.717, 1.165) is 5.56 Å². The summed E-state index contributed by atoms with van der Waals surface area (Å²) in [5, 5.41) is 18.8. The van der Waals surface area contributed by atoms with Gasteiger partial charge in [-0.1, -0.05) is 12.1 Å². The first kappa shape index (κ1) is 13.7. The summed E-state index contributed by atoms with van der Waals surface area (Å²) in [7, 11) is 1.63. The number of carbonyl (C=O) groups excluding carboxylic acids is 1. The molecule has 1 amide bonds. The zero-order valence-electron chi connectivity index (χ0n) is 11.1. The normalized spacial score (nSPS) is 10.2. The minimum atomic E-state index is -0.290. The number of carbonyl (C=O) groups is 1. The number of phenols is 2. The van der Waals surface area contributed by atoms with E-state index in [0.29, 0.717) is 12.2 Å². The van der Waals surface area contributed by atoms with E-state index in [1.807, 2.05) is 6.07 Å². The Balaban J connectivity index is 2.18. The minimum Gasteiger partial charge on any atom is -0.508 e. The van der Waals surface area contributed by atoms with E-state index in [9.17, 15) is 15.0 Å². The number of nitrogens with two attached hydrogens (primary N) is 1. The molecule has 0 unspecified atom stereocenters. The lowest BCUT2D eigenvalue weighted by atomic mass is 10.1. The van der Waals surface area contributed by atoms with E-state index in [4.69, 9.17) is 5.73 Å². The summed E-state index contributed by atoms with van der Waals surface area (Å²) >= 11 is 0. The highest BCUT2D eigenvalue weighted by atomic mass is 16.3. The molecular weight excluding hydrogens is 256 g/mol. The van der Waals surface area contributed by atoms with Gasteiger partial charge in [-0.05, 0) is 35.9 Å². The van der Waals surface area contributed by atoms with Crippen molar-refractivity contribution < 1.29 is 15.0 Å². The molecule has 5 nitrogen and oxygen atoms in total. The summed E-state index contributed by atoms with van der Waals surface area (Å²) in [6, 6.07) is 11.0. The van der Waals surface area contributed by atoms with Gasteiger partial charge >= 0.3 is 0 Å². The van der Waals surface area contributed by atoms with E-state index in [1.165, 1.54) is 23.1 Å². The first-order valence-corrected chi connectivity index (χ1v) is 6.09. The van der Waals surface area contributed by atoms with Crippen molar-refractivity contribution in [1.29, 1.82) is 0 Å². The fourth-order valence-corrected chi connectivity index (χ4v) is 1.94. The number of phenolic OH excluding ortho intramolecular Hbond substituents is 2. The van der Waals surface area contributed by atoms with Crippen LogP contribution in [0.25, 0.3) is 0 Å². The zero-order valence-corrected chi connectivity index (χ0v) is 11.1. The molecule has 0 bridgehead atoms. The van der Waals surface area contributed by atoms with Crippen LogP contribution in [-0.2, 0) is 6.54 Å². The maximum absolute atomic E-state index is 12.3. The van der Waals surface area contributed by atoms with Crippen LogP contribution in [0.3, 0.4) is 0 Å². The number of nitrogens with zero attached hydrogens (tertiary/aromatic N) is 1. The molecule has 0 aliphatic heterocycles. The third-order valence-corrected chi connectivity index (χ3v) is 2.94. The van der Waals surface area contributed by atoms with E-state index in [1.54, 1.807) is 25.2 Å². The van der Waals surface area contributed by atoms with Crippen LogP contribution >= 0.6 is 0 Å². The molecule has 0 fully saturated rings. The van der Waals surface area contributed by atoms with E-state index in [-0.39, 0.29) is 23.0 Å². The number of aromatic hydroxyl groups is 2. The van der Waals surface area contributed by atoms with Crippen LogP contribution in [0.2, 0.25) is 0 Å². The van der Waals surface area contributed by atoms with Gasteiger partial charge in [-0.15, -0.1) is 0 Å². The fraction of sp³-hybridized carbons (Fsp3) is 0.133. The predicted molar refractivity (Wildman–Crippen MR) is 76.4 cm³/mol. The number of hydrogen-bond donors (Lipinski definition) is 3. The van der Waals surface area contributed by atoms with Gasteiger partial charge < -0.3 is 20.8 Å². The number of amides is 1. The average molecular weight is 272 g/mol. The van der Waals surface area contributed by atoms with Gasteiger partial charge in [0.1, 0.15) is 11.5 Å². The van der Waals surface area contributed by atoms with Crippen LogP contribution in [0, 0.1) is 0 Å². The molecule has 0 aliphatic rings. The molecule has 104 valence electrons. The van der Waals surface area contributed by atoms with Crippen LogP contribution in [0.4, 0.5) is 5.69 Å². The standard InChI is InChI=1S/C15H16N2O3/c1-17(9-10-3-2-4-11(18)7-10)15(20)13-8-12(19)5-6-14(13)16/h2-8,18-19H,9,16H2,1H3. The van der Waals surface area contributed by atoms with Crippen molar-refractivity contribution >= 4 is 11.6 Å². The van der Waals surface area contributed by atoms with Crippen LogP contribution in [0.15, 0.2) is 42.5 Å². The first-order valence-electron chi connectivity index (χ1n) is 6.09. The highest BCUT2D eigenvalue weighted by Gasteiger charge is 2.15. The molecule has 2 aromatic rings. The summed E-state index contributed by atoms with van der Waals surface area (Å²) in [5.41, 5.74) is 7.12. The van der Waals surface area contributed by atoms with Crippen molar-refractivity contribution in [3.8, 4) is 11.5 Å². The summed E-state index contributed by atoms with van der Waals surface area (Å²) in [4.78, 5) is 13.8. The van der Waals surface area contributed by atoms with E-state index < -0.39 is 0 Å². The van der Waals surface area contributed by atoms with E-state index in [2.05, 4.69) is 0 Å². The van der Waals surface area contributed by atoms with Crippen LogP contribution in [0.1, 0.15) is 15.9 Å². The number of rotatable bonds is 3. The van der Waals surface area contributed by atoms with Gasteiger partial charge in [-0.2, -0.15) is 0 Å². The molecule has 0 saturated carbocycles. The monoisotopic (exact) mass is 272 g/mol. The molecule has 4 N–H and O–H groups in total. The van der Waals surface area contributed by atoms with Gasteiger partial charge in [0.15, 0.2) is 0 Å². The highest BCUT2D eigenvalue weighted by Crippen LogP contribution is 2.21. The number of benzene rings is 2. The molecule has 20 heavy (non-hydrogen) atoms. The average Bonchev–Trinajstić information content (AvgIpc) is 2.40. The van der Waals surface area contributed by atoms with Crippen LogP contribution in [0.5, 0.6) is 11.5 Å². The molecule has 0 heterocycles. The lowest BCUT2D eigenvalue weighted by Crippen LogP contribution is -2.26. The Morgan fingerprint density at radius 2 is 1.85 bits per heavy atom. The molecule has 0 spiro atoms. The molecule has 0 aliphatic carbocycles. The van der Waals surface area contributed by atoms with Crippen molar-refractivity contribution in [3.63, 3.8) is 0 Å². The van der Waals surface area contributed by atoms with Gasteiger partial charge in [0.05, 0.1) is 5.56 Å². The molecular formula is C15H16N2O3. The van der Waals surface area contributed by atoms with Crippen molar-refractivity contribution in [1.82, 2.24) is 4.90 Å². The Hall–Kier alpha value is -2.69. The topological polar surface area (TPSA) is 86.8 Å². The summed E-state index contributed by atoms with van der Waals surface area (Å²) < 4.78 is 0. The number of hydrogen-bond acceptors (Lipinski definition) is 4. The fourth-order valence-electron chi connectivity index (χ4n) is 1.94. The lowest BCUT2D eigenvalue weighted by molar-refractivity contribution is 0.0785. The van der Waals surface area contributed by atoms with Crippen molar-refractivity contribution in [2.24, 2.45) is 0 Å². The first-order chi connectivity index (χ1) is 9.47. The SMILES string of the molecule is CN(Cc1cccc(O)c1)C(=O)c1cc(O)ccc1N. The van der Waals surface area contributed by atoms with Gasteiger partial charge in [-0.3, -0.25) is 4.79 Å². The second-order valence-electron chi connectivity index (χ2n) is 4.60. The molecule has 2 aromatic carbocycles. The second kappa shape index (κ2) is 5.52. The lowest BCUT2D eigenvalue weighted by Gasteiger charge is -2.18. The van der Waals surface area contributed by atoms with Gasteiger partial charge in [-0.25, -0.2) is 0 Å². The summed E-state index contributed by atoms with van der Waals surface area (Å²) in [5.74, 6) is -0.143. The quantitative estimate of drug-likeness (QED) is 0.588. The summed E-state index contributed by atoms with van der Waals surface area (Å²) in [6.45, 7) is 0.336. The summed E-state index contributed by atoms with van der Waals surface area (Å²) in [6.07, 6.45) is 0. The Morgan fingerprint density at radius 3 is 2.55 bits per heavy atom. The Bertz CT molecular complexity index is 641. The zero-order chi connectivity index (χ0) is 14.7. The largest absolute Gasteiger partial charge is 0.508 e. The maximum Gasteiger partial charge on any atom is 0.256 e. The Labute approximate surface area is 116 Å². The smallest absolute Gasteiger partial charge is 0.256 e. The van der Waals surface area contributed by atoms with Gasteiger partial charge in [0.2, 0.25) is 0 Å². The maximum atomic E-state index is 12.3. The van der Waals surface area contributed by atoms with Crippen molar-refractivity contribution in [2.75, 3.05) is 12.8 Å². The molecule has 2 rings (SSSR count). The molecule has 0 radical (unpaired) electrons. The third-order valence-electron chi connectivity index (χ3n) is 2.94. The highest BCUT2D eigenvalue weighted by molar-refractivity contribution is 5.99. The minimum absolute atomic E-state index is 0.00620. The molecule has 5 heteroatoms. The van der Waals surface area contributed by atoms with Crippen LogP contribution in [-0.4, -0.2) is 28.1 Å². The van der Waals surface area contributed by atoms with Crippen molar-refractivity contribution in [3.05, 3.63) is 53.6 Å². The third kappa shape index (κ3) is 3.00. The number of nitrogen functional groups attached to an aromatic ring is 1. The van der Waals surface area contributed by atoms with Crippen molar-refractivity contribution in [2.45, 2.75) is 6.54 Å².